The lowest BCUT2D eigenvalue weighted by molar-refractivity contribution is 0.297. The van der Waals surface area contributed by atoms with Crippen LogP contribution in [0.25, 0.3) is 11.0 Å². The Labute approximate surface area is 148 Å². The van der Waals surface area contributed by atoms with Crippen molar-refractivity contribution in [1.29, 1.82) is 0 Å². The van der Waals surface area contributed by atoms with Gasteiger partial charge in [0, 0.05) is 10.9 Å². The summed E-state index contributed by atoms with van der Waals surface area (Å²) in [6.45, 7) is 9.72. The van der Waals surface area contributed by atoms with Crippen LogP contribution in [0.15, 0.2) is 36.4 Å². The number of fused-ring (bicyclic) bond motifs is 1. The van der Waals surface area contributed by atoms with Crippen LogP contribution < -0.4 is 4.74 Å². The summed E-state index contributed by atoms with van der Waals surface area (Å²) in [7, 11) is 0. The Morgan fingerprint density at radius 2 is 1.79 bits per heavy atom. The van der Waals surface area contributed by atoms with Crippen LogP contribution >= 0.6 is 11.6 Å². The largest absolute Gasteiger partial charge is 0.492 e. The fraction of sp³-hybridized carbons (Fsp3) is 0.350. The third-order valence-corrected chi connectivity index (χ3v) is 4.79. The first-order valence-corrected chi connectivity index (χ1v) is 8.70. The summed E-state index contributed by atoms with van der Waals surface area (Å²) in [6.07, 6.45) is 0. The number of para-hydroxylation sites is 2. The van der Waals surface area contributed by atoms with Crippen molar-refractivity contribution in [3.8, 4) is 5.75 Å². The van der Waals surface area contributed by atoms with Gasteiger partial charge in [-0.05, 0) is 49.2 Å². The molecule has 0 saturated heterocycles. The van der Waals surface area contributed by atoms with E-state index in [4.69, 9.17) is 21.3 Å². The van der Waals surface area contributed by atoms with Crippen LogP contribution in [0.2, 0.25) is 5.02 Å². The van der Waals surface area contributed by atoms with E-state index in [1.165, 1.54) is 0 Å². The summed E-state index contributed by atoms with van der Waals surface area (Å²) < 4.78 is 8.23. The molecule has 126 valence electrons. The van der Waals surface area contributed by atoms with Crippen LogP contribution in [-0.4, -0.2) is 16.2 Å². The molecule has 0 radical (unpaired) electrons. The van der Waals surface area contributed by atoms with Gasteiger partial charge in [0.2, 0.25) is 0 Å². The smallest absolute Gasteiger partial charge is 0.120 e. The van der Waals surface area contributed by atoms with Crippen molar-refractivity contribution in [1.82, 2.24) is 9.55 Å². The molecule has 1 heterocycles. The van der Waals surface area contributed by atoms with Gasteiger partial charge in [0.25, 0.3) is 0 Å². The van der Waals surface area contributed by atoms with E-state index in [1.807, 2.05) is 32.0 Å². The molecule has 0 aliphatic rings. The van der Waals surface area contributed by atoms with Gasteiger partial charge in [0.15, 0.2) is 0 Å². The SMILES string of the molecule is Cc1cc(OCCn2c(C(C)C)nc3ccccc32)cc(C)c1Cl. The van der Waals surface area contributed by atoms with E-state index in [9.17, 15) is 0 Å². The Morgan fingerprint density at radius 3 is 2.46 bits per heavy atom. The molecule has 0 aliphatic heterocycles. The molecular formula is C20H23ClN2O. The number of hydrogen-bond acceptors (Lipinski definition) is 2. The third-order valence-electron chi connectivity index (χ3n) is 4.19. The van der Waals surface area contributed by atoms with Crippen molar-refractivity contribution in [3.63, 3.8) is 0 Å². The van der Waals surface area contributed by atoms with Gasteiger partial charge in [-0.1, -0.05) is 37.6 Å². The second kappa shape index (κ2) is 6.86. The summed E-state index contributed by atoms with van der Waals surface area (Å²) >= 11 is 6.22. The number of imidazole rings is 1. The molecule has 24 heavy (non-hydrogen) atoms. The minimum Gasteiger partial charge on any atom is -0.492 e. The van der Waals surface area contributed by atoms with Crippen LogP contribution in [-0.2, 0) is 6.54 Å². The summed E-state index contributed by atoms with van der Waals surface area (Å²) in [6, 6.07) is 12.2. The molecule has 0 amide bonds. The van der Waals surface area contributed by atoms with Gasteiger partial charge in [-0.2, -0.15) is 0 Å². The average Bonchev–Trinajstić information content (AvgIpc) is 2.92. The van der Waals surface area contributed by atoms with Crippen molar-refractivity contribution < 1.29 is 4.74 Å². The second-order valence-corrected chi connectivity index (χ2v) is 6.86. The number of benzene rings is 2. The molecule has 0 unspecified atom stereocenters. The Bertz CT molecular complexity index is 844. The minimum atomic E-state index is 0.373. The third kappa shape index (κ3) is 3.27. The number of aromatic nitrogens is 2. The maximum absolute atomic E-state index is 6.22. The number of halogens is 1. The fourth-order valence-corrected chi connectivity index (χ4v) is 3.12. The summed E-state index contributed by atoms with van der Waals surface area (Å²) in [5.41, 5.74) is 4.29. The maximum Gasteiger partial charge on any atom is 0.120 e. The molecule has 1 aromatic heterocycles. The van der Waals surface area contributed by atoms with E-state index >= 15 is 0 Å². The normalized spacial score (nSPS) is 11.4. The van der Waals surface area contributed by atoms with E-state index in [-0.39, 0.29) is 0 Å². The van der Waals surface area contributed by atoms with Gasteiger partial charge in [-0.25, -0.2) is 4.98 Å². The van der Waals surface area contributed by atoms with Gasteiger partial charge in [-0.3, -0.25) is 0 Å². The number of hydrogen-bond donors (Lipinski definition) is 0. The minimum absolute atomic E-state index is 0.373. The molecule has 3 nitrogen and oxygen atoms in total. The highest BCUT2D eigenvalue weighted by Crippen LogP contribution is 2.26. The van der Waals surface area contributed by atoms with Gasteiger partial charge < -0.3 is 9.30 Å². The predicted octanol–water partition coefficient (Wildman–Crippen LogP) is 5.51. The quantitative estimate of drug-likeness (QED) is 0.611. The Hall–Kier alpha value is -2.00. The van der Waals surface area contributed by atoms with Crippen LogP contribution in [0, 0.1) is 13.8 Å². The molecule has 4 heteroatoms. The number of ether oxygens (including phenoxy) is 1. The van der Waals surface area contributed by atoms with Gasteiger partial charge in [0.1, 0.15) is 18.2 Å². The highest BCUT2D eigenvalue weighted by molar-refractivity contribution is 6.32. The fourth-order valence-electron chi connectivity index (χ4n) is 3.01. The highest BCUT2D eigenvalue weighted by atomic mass is 35.5. The van der Waals surface area contributed by atoms with Gasteiger partial charge in [0.05, 0.1) is 17.6 Å². The van der Waals surface area contributed by atoms with E-state index in [0.29, 0.717) is 12.5 Å². The monoisotopic (exact) mass is 342 g/mol. The molecule has 0 fully saturated rings. The predicted molar refractivity (Wildman–Crippen MR) is 100 cm³/mol. The van der Waals surface area contributed by atoms with Gasteiger partial charge >= 0.3 is 0 Å². The molecule has 0 N–H and O–H groups in total. The molecule has 3 rings (SSSR count). The van der Waals surface area contributed by atoms with Crippen molar-refractivity contribution in [3.05, 3.63) is 58.4 Å². The molecule has 0 atom stereocenters. The molecule has 0 aliphatic carbocycles. The van der Waals surface area contributed by atoms with E-state index < -0.39 is 0 Å². The van der Waals surface area contributed by atoms with E-state index in [1.54, 1.807) is 0 Å². The molecule has 0 spiro atoms. The first kappa shape index (κ1) is 16.8. The Morgan fingerprint density at radius 1 is 1.12 bits per heavy atom. The number of aryl methyl sites for hydroxylation is 2. The molecule has 0 bridgehead atoms. The van der Waals surface area contributed by atoms with Gasteiger partial charge in [-0.15, -0.1) is 0 Å². The van der Waals surface area contributed by atoms with Crippen molar-refractivity contribution in [2.45, 2.75) is 40.2 Å². The standard InChI is InChI=1S/C20H23ClN2O/c1-13(2)20-22-17-7-5-6-8-18(17)23(20)9-10-24-16-11-14(3)19(21)15(4)12-16/h5-8,11-13H,9-10H2,1-4H3. The Balaban J connectivity index is 1.80. The van der Waals surface area contributed by atoms with Crippen molar-refractivity contribution in [2.75, 3.05) is 6.61 Å². The van der Waals surface area contributed by atoms with Crippen LogP contribution in [0.5, 0.6) is 5.75 Å². The van der Waals surface area contributed by atoms with Crippen LogP contribution in [0.1, 0.15) is 36.7 Å². The lowest BCUT2D eigenvalue weighted by Gasteiger charge is -2.13. The second-order valence-electron chi connectivity index (χ2n) is 6.48. The maximum atomic E-state index is 6.22. The summed E-state index contributed by atoms with van der Waals surface area (Å²) in [4.78, 5) is 4.77. The Kier molecular flexibility index (Phi) is 4.81. The van der Waals surface area contributed by atoms with E-state index in [0.717, 1.165) is 45.3 Å². The zero-order valence-corrected chi connectivity index (χ0v) is 15.4. The van der Waals surface area contributed by atoms with E-state index in [2.05, 4.69) is 36.6 Å². The van der Waals surface area contributed by atoms with Crippen molar-refractivity contribution >= 4 is 22.6 Å². The number of nitrogens with zero attached hydrogens (tertiary/aromatic N) is 2. The first-order valence-electron chi connectivity index (χ1n) is 8.32. The molecule has 2 aromatic carbocycles. The lowest BCUT2D eigenvalue weighted by Crippen LogP contribution is -2.12. The summed E-state index contributed by atoms with van der Waals surface area (Å²) in [5, 5.41) is 0.810. The van der Waals surface area contributed by atoms with Crippen LogP contribution in [0.3, 0.4) is 0 Å². The number of rotatable bonds is 5. The topological polar surface area (TPSA) is 27.1 Å². The molecule has 0 saturated carbocycles. The zero-order chi connectivity index (χ0) is 17.3. The van der Waals surface area contributed by atoms with Crippen molar-refractivity contribution in [2.24, 2.45) is 0 Å². The highest BCUT2D eigenvalue weighted by Gasteiger charge is 2.13. The first-order chi connectivity index (χ1) is 11.5. The average molecular weight is 343 g/mol. The molecular weight excluding hydrogens is 320 g/mol. The molecule has 3 aromatic rings. The summed E-state index contributed by atoms with van der Waals surface area (Å²) in [5.74, 6) is 2.34. The van der Waals surface area contributed by atoms with Crippen LogP contribution in [0.4, 0.5) is 0 Å². The lowest BCUT2D eigenvalue weighted by atomic mass is 10.1. The zero-order valence-electron chi connectivity index (χ0n) is 14.6.